The Hall–Kier alpha value is -1.69. The number of hydrogen-bond acceptors (Lipinski definition) is 5. The predicted molar refractivity (Wildman–Crippen MR) is 71.9 cm³/mol. The summed E-state index contributed by atoms with van der Waals surface area (Å²) in [5.41, 5.74) is -0.265. The number of morpholine rings is 1. The van der Waals surface area contributed by atoms with Crippen molar-refractivity contribution in [3.05, 3.63) is 18.6 Å². The van der Waals surface area contributed by atoms with Crippen molar-refractivity contribution in [2.24, 2.45) is 0 Å². The van der Waals surface area contributed by atoms with Crippen molar-refractivity contribution in [2.75, 3.05) is 38.2 Å². The highest BCUT2D eigenvalue weighted by Crippen LogP contribution is 2.17. The Labute approximate surface area is 113 Å². The van der Waals surface area contributed by atoms with Crippen LogP contribution in [0.3, 0.4) is 0 Å². The lowest BCUT2D eigenvalue weighted by molar-refractivity contribution is -0.144. The van der Waals surface area contributed by atoms with Crippen molar-refractivity contribution in [2.45, 2.75) is 19.4 Å². The minimum absolute atomic E-state index is 0.0875. The van der Waals surface area contributed by atoms with Gasteiger partial charge in [-0.05, 0) is 13.8 Å². The van der Waals surface area contributed by atoms with Crippen LogP contribution in [0.15, 0.2) is 18.6 Å². The molecule has 0 spiro atoms. The molecule has 1 aromatic heterocycles. The minimum atomic E-state index is -0.265. The predicted octanol–water partition coefficient (Wildman–Crippen LogP) is 0.550. The third-order valence-corrected chi connectivity index (χ3v) is 3.09. The summed E-state index contributed by atoms with van der Waals surface area (Å²) in [6.45, 7) is 6.16. The third kappa shape index (κ3) is 3.64. The van der Waals surface area contributed by atoms with Gasteiger partial charge >= 0.3 is 0 Å². The SMILES string of the molecule is CN(CC(=O)N1CCOC(C)(C)C1)c1cnccn1. The molecule has 0 aliphatic carbocycles. The molecule has 1 saturated heterocycles. The summed E-state index contributed by atoms with van der Waals surface area (Å²) in [7, 11) is 1.84. The molecule has 1 aromatic rings. The Morgan fingerprint density at radius 3 is 2.95 bits per heavy atom. The summed E-state index contributed by atoms with van der Waals surface area (Å²) >= 11 is 0. The average molecular weight is 264 g/mol. The van der Waals surface area contributed by atoms with Crippen molar-refractivity contribution in [3.63, 3.8) is 0 Å². The zero-order valence-corrected chi connectivity index (χ0v) is 11.7. The van der Waals surface area contributed by atoms with Gasteiger partial charge in [0.15, 0.2) is 0 Å². The van der Waals surface area contributed by atoms with E-state index in [1.165, 1.54) is 0 Å². The average Bonchev–Trinajstić information content (AvgIpc) is 2.38. The zero-order chi connectivity index (χ0) is 13.9. The third-order valence-electron chi connectivity index (χ3n) is 3.09. The van der Waals surface area contributed by atoms with Crippen LogP contribution in [0.1, 0.15) is 13.8 Å². The van der Waals surface area contributed by atoms with Gasteiger partial charge in [0.25, 0.3) is 0 Å². The Balaban J connectivity index is 1.94. The van der Waals surface area contributed by atoms with Gasteiger partial charge in [-0.3, -0.25) is 9.78 Å². The molecule has 0 radical (unpaired) electrons. The van der Waals surface area contributed by atoms with Gasteiger partial charge in [-0.25, -0.2) is 4.98 Å². The molecule has 104 valence electrons. The molecule has 0 aromatic carbocycles. The molecule has 1 aliphatic rings. The number of anilines is 1. The summed E-state index contributed by atoms with van der Waals surface area (Å²) in [4.78, 5) is 24.1. The maximum absolute atomic E-state index is 12.3. The van der Waals surface area contributed by atoms with Gasteiger partial charge in [-0.2, -0.15) is 0 Å². The van der Waals surface area contributed by atoms with E-state index in [-0.39, 0.29) is 11.5 Å². The highest BCUT2D eigenvalue weighted by atomic mass is 16.5. The van der Waals surface area contributed by atoms with E-state index >= 15 is 0 Å². The van der Waals surface area contributed by atoms with E-state index in [9.17, 15) is 4.79 Å². The van der Waals surface area contributed by atoms with Crippen LogP contribution >= 0.6 is 0 Å². The first kappa shape index (κ1) is 13.7. The summed E-state index contributed by atoms with van der Waals surface area (Å²) < 4.78 is 5.61. The second-order valence-electron chi connectivity index (χ2n) is 5.34. The number of aromatic nitrogens is 2. The summed E-state index contributed by atoms with van der Waals surface area (Å²) in [6.07, 6.45) is 4.88. The monoisotopic (exact) mass is 264 g/mol. The lowest BCUT2D eigenvalue weighted by Gasteiger charge is -2.38. The number of carbonyl (C=O) groups is 1. The molecule has 1 fully saturated rings. The molecule has 2 heterocycles. The van der Waals surface area contributed by atoms with Crippen molar-refractivity contribution in [3.8, 4) is 0 Å². The van der Waals surface area contributed by atoms with Crippen LogP contribution in [0.5, 0.6) is 0 Å². The smallest absolute Gasteiger partial charge is 0.242 e. The summed E-state index contributed by atoms with van der Waals surface area (Å²) in [6, 6.07) is 0. The largest absolute Gasteiger partial charge is 0.372 e. The normalized spacial score (nSPS) is 18.2. The molecule has 0 atom stereocenters. The molecule has 0 N–H and O–H groups in total. The fourth-order valence-corrected chi connectivity index (χ4v) is 2.10. The number of amides is 1. The number of likely N-dealkylation sites (N-methyl/N-ethyl adjacent to an activating group) is 1. The summed E-state index contributed by atoms with van der Waals surface area (Å²) in [5, 5.41) is 0. The molecule has 19 heavy (non-hydrogen) atoms. The van der Waals surface area contributed by atoms with Crippen molar-refractivity contribution in [1.82, 2.24) is 14.9 Å². The first-order chi connectivity index (χ1) is 8.98. The number of hydrogen-bond donors (Lipinski definition) is 0. The van der Waals surface area contributed by atoms with Crippen molar-refractivity contribution in [1.29, 1.82) is 0 Å². The molecule has 0 unspecified atom stereocenters. The Bertz CT molecular complexity index is 436. The van der Waals surface area contributed by atoms with E-state index in [0.29, 0.717) is 32.1 Å². The van der Waals surface area contributed by atoms with Gasteiger partial charge in [0, 0.05) is 32.5 Å². The van der Waals surface area contributed by atoms with E-state index in [4.69, 9.17) is 4.74 Å². The van der Waals surface area contributed by atoms with E-state index < -0.39 is 0 Å². The van der Waals surface area contributed by atoms with Crippen LogP contribution in [-0.4, -0.2) is 59.7 Å². The maximum atomic E-state index is 12.3. The van der Waals surface area contributed by atoms with Gasteiger partial charge < -0.3 is 14.5 Å². The molecular formula is C13H20N4O2. The molecule has 1 aliphatic heterocycles. The first-order valence-corrected chi connectivity index (χ1v) is 6.37. The van der Waals surface area contributed by atoms with Crippen molar-refractivity contribution < 1.29 is 9.53 Å². The minimum Gasteiger partial charge on any atom is -0.372 e. The van der Waals surface area contributed by atoms with Crippen LogP contribution in [-0.2, 0) is 9.53 Å². The van der Waals surface area contributed by atoms with Crippen LogP contribution in [0, 0.1) is 0 Å². The number of nitrogens with zero attached hydrogens (tertiary/aromatic N) is 4. The molecule has 6 heteroatoms. The second-order valence-corrected chi connectivity index (χ2v) is 5.34. The molecular weight excluding hydrogens is 244 g/mol. The van der Waals surface area contributed by atoms with Gasteiger partial charge in [-0.1, -0.05) is 0 Å². The Morgan fingerprint density at radius 2 is 2.32 bits per heavy atom. The van der Waals surface area contributed by atoms with Crippen LogP contribution in [0.25, 0.3) is 0 Å². The van der Waals surface area contributed by atoms with Gasteiger partial charge in [0.2, 0.25) is 5.91 Å². The Kier molecular flexibility index (Phi) is 3.99. The molecule has 1 amide bonds. The van der Waals surface area contributed by atoms with Crippen LogP contribution < -0.4 is 4.90 Å². The second kappa shape index (κ2) is 5.52. The Morgan fingerprint density at radius 1 is 1.53 bits per heavy atom. The highest BCUT2D eigenvalue weighted by Gasteiger charge is 2.30. The molecule has 0 saturated carbocycles. The van der Waals surface area contributed by atoms with Gasteiger partial charge in [-0.15, -0.1) is 0 Å². The maximum Gasteiger partial charge on any atom is 0.242 e. The van der Waals surface area contributed by atoms with Crippen LogP contribution in [0.4, 0.5) is 5.82 Å². The standard InChI is InChI=1S/C13H20N4O2/c1-13(2)10-17(6-7-19-13)12(18)9-16(3)11-8-14-4-5-15-11/h4-5,8H,6-7,9-10H2,1-3H3. The van der Waals surface area contributed by atoms with E-state index in [1.807, 2.05) is 25.8 Å². The van der Waals surface area contributed by atoms with Gasteiger partial charge in [0.1, 0.15) is 5.82 Å². The lowest BCUT2D eigenvalue weighted by atomic mass is 10.1. The highest BCUT2D eigenvalue weighted by molar-refractivity contribution is 5.81. The quantitative estimate of drug-likeness (QED) is 0.798. The fraction of sp³-hybridized carbons (Fsp3) is 0.615. The summed E-state index contributed by atoms with van der Waals surface area (Å²) in [5.74, 6) is 0.785. The fourth-order valence-electron chi connectivity index (χ4n) is 2.10. The number of carbonyl (C=O) groups excluding carboxylic acids is 1. The topological polar surface area (TPSA) is 58.6 Å². The first-order valence-electron chi connectivity index (χ1n) is 6.37. The van der Waals surface area contributed by atoms with E-state index in [0.717, 1.165) is 0 Å². The number of ether oxygens (including phenoxy) is 1. The zero-order valence-electron chi connectivity index (χ0n) is 11.7. The van der Waals surface area contributed by atoms with E-state index in [2.05, 4.69) is 9.97 Å². The van der Waals surface area contributed by atoms with Crippen molar-refractivity contribution >= 4 is 11.7 Å². The molecule has 6 nitrogen and oxygen atoms in total. The van der Waals surface area contributed by atoms with Crippen LogP contribution in [0.2, 0.25) is 0 Å². The number of rotatable bonds is 3. The van der Waals surface area contributed by atoms with Gasteiger partial charge in [0.05, 0.1) is 24.9 Å². The lowest BCUT2D eigenvalue weighted by Crippen LogP contribution is -2.52. The molecule has 2 rings (SSSR count). The molecule has 0 bridgehead atoms. The van der Waals surface area contributed by atoms with E-state index in [1.54, 1.807) is 23.5 Å².